The van der Waals surface area contributed by atoms with Gasteiger partial charge in [0.2, 0.25) is 0 Å². The summed E-state index contributed by atoms with van der Waals surface area (Å²) in [6, 6.07) is 0. The summed E-state index contributed by atoms with van der Waals surface area (Å²) in [5.41, 5.74) is 4.57. The molecule has 0 amide bonds. The maximum atomic E-state index is 13.0. The van der Waals surface area contributed by atoms with Crippen molar-refractivity contribution in [2.24, 2.45) is 0 Å². The normalized spacial score (nSPS) is 9.75. The fourth-order valence-electron chi connectivity index (χ4n) is 0.937. The number of nitrogens with two attached hydrogens (primary N) is 1. The molecule has 1 aromatic heterocycles. The summed E-state index contributed by atoms with van der Waals surface area (Å²) >= 11 is 1.39. The molecular formula is C9H10FN3O2S. The Morgan fingerprint density at radius 3 is 3.19 bits per heavy atom. The number of hydrogen-bond acceptors (Lipinski definition) is 5. The number of thioether (sulfide) groups is 1. The molecule has 0 aromatic carbocycles. The molecule has 0 bridgehead atoms. The third-order valence-corrected chi connectivity index (χ3v) is 2.43. The smallest absolute Gasteiger partial charge is 0.349 e. The van der Waals surface area contributed by atoms with Gasteiger partial charge in [-0.05, 0) is 0 Å². The van der Waals surface area contributed by atoms with E-state index in [1.807, 2.05) is 6.11 Å². The average molecular weight is 243 g/mol. The molecule has 1 aromatic rings. The average Bonchev–Trinajstić information content (AvgIpc) is 2.25. The first kappa shape index (κ1) is 12.4. The monoisotopic (exact) mass is 243 g/mol. The molecular weight excluding hydrogens is 233 g/mol. The van der Waals surface area contributed by atoms with E-state index >= 15 is 0 Å². The molecule has 86 valence electrons. The van der Waals surface area contributed by atoms with Gasteiger partial charge < -0.3 is 10.5 Å². The Hall–Kier alpha value is -1.68. The van der Waals surface area contributed by atoms with Crippen LogP contribution >= 0.6 is 11.8 Å². The Morgan fingerprint density at radius 1 is 1.75 bits per heavy atom. The SMILES string of the molecule is C#COCSCCn1cc(F)c(N)nc1=O. The third-order valence-electron chi connectivity index (χ3n) is 1.68. The number of rotatable bonds is 5. The molecule has 0 atom stereocenters. The third kappa shape index (κ3) is 3.47. The van der Waals surface area contributed by atoms with Crippen molar-refractivity contribution in [1.29, 1.82) is 0 Å². The van der Waals surface area contributed by atoms with Gasteiger partial charge in [0.25, 0.3) is 0 Å². The van der Waals surface area contributed by atoms with Gasteiger partial charge in [-0.15, -0.1) is 11.8 Å². The molecule has 1 rings (SSSR count). The van der Waals surface area contributed by atoms with Crippen LogP contribution in [0.3, 0.4) is 0 Å². The van der Waals surface area contributed by atoms with E-state index in [-0.39, 0.29) is 5.82 Å². The summed E-state index contributed by atoms with van der Waals surface area (Å²) in [6.07, 6.45) is 7.92. The fourth-order valence-corrected chi connectivity index (χ4v) is 1.53. The van der Waals surface area contributed by atoms with Crippen LogP contribution in [0.5, 0.6) is 0 Å². The number of nitrogen functional groups attached to an aromatic ring is 1. The molecule has 0 aliphatic carbocycles. The van der Waals surface area contributed by atoms with E-state index in [4.69, 9.17) is 12.2 Å². The van der Waals surface area contributed by atoms with Crippen molar-refractivity contribution < 1.29 is 9.13 Å². The number of hydrogen-bond donors (Lipinski definition) is 1. The van der Waals surface area contributed by atoms with Crippen LogP contribution in [-0.4, -0.2) is 21.2 Å². The lowest BCUT2D eigenvalue weighted by Crippen LogP contribution is -2.25. The van der Waals surface area contributed by atoms with E-state index in [1.165, 1.54) is 11.8 Å². The molecule has 0 saturated heterocycles. The summed E-state index contributed by atoms with van der Waals surface area (Å²) in [7, 11) is 0. The predicted molar refractivity (Wildman–Crippen MR) is 60.1 cm³/mol. The van der Waals surface area contributed by atoms with Gasteiger partial charge in [0, 0.05) is 18.5 Å². The number of halogens is 1. The maximum Gasteiger partial charge on any atom is 0.349 e. The molecule has 0 fully saturated rings. The molecule has 16 heavy (non-hydrogen) atoms. The van der Waals surface area contributed by atoms with E-state index in [1.54, 1.807) is 0 Å². The highest BCUT2D eigenvalue weighted by atomic mass is 32.2. The number of anilines is 1. The zero-order chi connectivity index (χ0) is 12.0. The van der Waals surface area contributed by atoms with Crippen LogP contribution in [0.2, 0.25) is 0 Å². The topological polar surface area (TPSA) is 70.1 Å². The second-order valence-electron chi connectivity index (χ2n) is 2.74. The van der Waals surface area contributed by atoms with Crippen molar-refractivity contribution in [2.75, 3.05) is 17.4 Å². The first-order chi connectivity index (χ1) is 7.65. The molecule has 0 aliphatic heterocycles. The highest BCUT2D eigenvalue weighted by Gasteiger charge is 2.04. The van der Waals surface area contributed by atoms with Gasteiger partial charge in [-0.1, -0.05) is 6.42 Å². The largest absolute Gasteiger partial charge is 0.436 e. The maximum absolute atomic E-state index is 13.0. The van der Waals surface area contributed by atoms with Crippen LogP contribution in [-0.2, 0) is 11.3 Å². The van der Waals surface area contributed by atoms with Gasteiger partial charge in [0.05, 0.1) is 0 Å². The van der Waals surface area contributed by atoms with Crippen LogP contribution in [0, 0.1) is 18.3 Å². The zero-order valence-corrected chi connectivity index (χ0v) is 9.17. The van der Waals surface area contributed by atoms with E-state index in [9.17, 15) is 9.18 Å². The minimum absolute atomic E-state index is 0.321. The number of ether oxygens (including phenoxy) is 1. The van der Waals surface area contributed by atoms with Gasteiger partial charge in [0.15, 0.2) is 11.6 Å². The molecule has 1 heterocycles. The summed E-state index contributed by atoms with van der Waals surface area (Å²) in [5, 5.41) is 0. The lowest BCUT2D eigenvalue weighted by atomic mass is 10.5. The molecule has 2 N–H and O–H groups in total. The van der Waals surface area contributed by atoms with Gasteiger partial charge >= 0.3 is 5.69 Å². The Morgan fingerprint density at radius 2 is 2.50 bits per heavy atom. The molecule has 0 aliphatic rings. The highest BCUT2D eigenvalue weighted by molar-refractivity contribution is 7.99. The molecule has 0 saturated carbocycles. The minimum atomic E-state index is -0.704. The van der Waals surface area contributed by atoms with Gasteiger partial charge in [-0.3, -0.25) is 4.57 Å². The molecule has 0 unspecified atom stereocenters. The van der Waals surface area contributed by atoms with Gasteiger partial charge in [-0.25, -0.2) is 9.18 Å². The van der Waals surface area contributed by atoms with Crippen molar-refractivity contribution in [3.8, 4) is 12.5 Å². The van der Waals surface area contributed by atoms with E-state index in [0.717, 1.165) is 10.8 Å². The summed E-state index contributed by atoms with van der Waals surface area (Å²) in [4.78, 5) is 14.6. The highest BCUT2D eigenvalue weighted by Crippen LogP contribution is 2.03. The van der Waals surface area contributed by atoms with Crippen molar-refractivity contribution in [1.82, 2.24) is 9.55 Å². The lowest BCUT2D eigenvalue weighted by Gasteiger charge is -2.05. The fraction of sp³-hybridized carbons (Fsp3) is 0.333. The van der Waals surface area contributed by atoms with Crippen LogP contribution < -0.4 is 11.4 Å². The zero-order valence-electron chi connectivity index (χ0n) is 8.35. The van der Waals surface area contributed by atoms with Crippen LogP contribution in [0.4, 0.5) is 10.2 Å². The van der Waals surface area contributed by atoms with Crippen LogP contribution in [0.15, 0.2) is 11.0 Å². The number of aryl methyl sites for hydroxylation is 1. The summed E-state index contributed by atoms with van der Waals surface area (Å²) in [5.74, 6) is -0.197. The van der Waals surface area contributed by atoms with E-state index < -0.39 is 11.5 Å². The van der Waals surface area contributed by atoms with Gasteiger partial charge in [0.1, 0.15) is 12.0 Å². The van der Waals surface area contributed by atoms with Crippen LogP contribution in [0.1, 0.15) is 0 Å². The van der Waals surface area contributed by atoms with Gasteiger partial charge in [-0.2, -0.15) is 4.98 Å². The Kier molecular flexibility index (Phi) is 4.66. The van der Waals surface area contributed by atoms with Crippen molar-refractivity contribution in [3.63, 3.8) is 0 Å². The summed E-state index contributed by atoms with van der Waals surface area (Å²) in [6.45, 7) is 0.321. The molecule has 0 spiro atoms. The Bertz CT molecular complexity index is 455. The van der Waals surface area contributed by atoms with Crippen molar-refractivity contribution in [2.45, 2.75) is 6.54 Å². The second kappa shape index (κ2) is 6.02. The molecule has 0 radical (unpaired) electrons. The van der Waals surface area contributed by atoms with Crippen LogP contribution in [0.25, 0.3) is 0 Å². The second-order valence-corrected chi connectivity index (χ2v) is 3.79. The quantitative estimate of drug-likeness (QED) is 0.456. The molecule has 7 heteroatoms. The first-order valence-electron chi connectivity index (χ1n) is 4.32. The van der Waals surface area contributed by atoms with E-state index in [0.29, 0.717) is 18.2 Å². The number of terminal acetylenes is 1. The predicted octanol–water partition coefficient (Wildman–Crippen LogP) is 0.263. The first-order valence-corrected chi connectivity index (χ1v) is 5.48. The molecule has 5 nitrogen and oxygen atoms in total. The standard InChI is InChI=1S/C9H10FN3O2S/c1-2-15-6-16-4-3-13-5-7(10)8(11)12-9(13)14/h1,5H,3-4,6H2,(H2,11,12,14). The van der Waals surface area contributed by atoms with Crippen molar-refractivity contribution >= 4 is 17.6 Å². The Balaban J connectivity index is 2.52. The van der Waals surface area contributed by atoms with Crippen molar-refractivity contribution in [3.05, 3.63) is 22.5 Å². The number of aromatic nitrogens is 2. The van der Waals surface area contributed by atoms with E-state index in [2.05, 4.69) is 9.72 Å². The number of nitrogens with zero attached hydrogens (tertiary/aromatic N) is 2. The lowest BCUT2D eigenvalue weighted by molar-refractivity contribution is 0.351. The summed E-state index contributed by atoms with van der Waals surface area (Å²) < 4.78 is 18.8. The Labute approximate surface area is 95.8 Å². The minimum Gasteiger partial charge on any atom is -0.436 e.